The number of pyridine rings is 1. The fourth-order valence-electron chi connectivity index (χ4n) is 2.75. The average Bonchev–Trinajstić information content (AvgIpc) is 3.30. The Hall–Kier alpha value is -1.13. The van der Waals surface area contributed by atoms with Crippen LogP contribution in [0.2, 0.25) is 5.02 Å². The van der Waals surface area contributed by atoms with Gasteiger partial charge in [-0.25, -0.2) is 4.98 Å². The molecule has 0 radical (unpaired) electrons. The molecule has 0 bridgehead atoms. The minimum absolute atomic E-state index is 0.0385. The van der Waals surface area contributed by atoms with Crippen LogP contribution in [0.25, 0.3) is 0 Å². The summed E-state index contributed by atoms with van der Waals surface area (Å²) in [5.41, 5.74) is 0.497. The van der Waals surface area contributed by atoms with Gasteiger partial charge in [-0.2, -0.15) is 0 Å². The first-order chi connectivity index (χ1) is 9.74. The first-order valence-corrected chi connectivity index (χ1v) is 7.78. The molecule has 1 aromatic heterocycles. The lowest BCUT2D eigenvalue weighted by atomic mass is 10.0. The zero-order valence-corrected chi connectivity index (χ0v) is 12.3. The first kappa shape index (κ1) is 13.8. The van der Waals surface area contributed by atoms with Gasteiger partial charge in [-0.05, 0) is 44.4 Å². The number of rotatable bonds is 4. The largest absolute Gasteiger partial charge is 0.333 e. The monoisotopic (exact) mass is 293 g/mol. The molecule has 1 saturated heterocycles. The van der Waals surface area contributed by atoms with E-state index in [0.717, 1.165) is 32.4 Å². The lowest BCUT2D eigenvalue weighted by Gasteiger charge is -2.30. The topological polar surface area (TPSA) is 45.2 Å². The second-order valence-electron chi connectivity index (χ2n) is 5.70. The number of halogens is 1. The molecule has 2 aliphatic rings. The maximum atomic E-state index is 12.6. The van der Waals surface area contributed by atoms with E-state index < -0.39 is 0 Å². The number of amides is 1. The van der Waals surface area contributed by atoms with Gasteiger partial charge in [0, 0.05) is 24.8 Å². The predicted octanol–water partition coefficient (Wildman–Crippen LogP) is 2.48. The number of hydrogen-bond acceptors (Lipinski definition) is 3. The lowest BCUT2D eigenvalue weighted by Crippen LogP contribution is -2.46. The van der Waals surface area contributed by atoms with E-state index in [0.29, 0.717) is 22.8 Å². The fourth-order valence-corrected chi connectivity index (χ4v) is 2.86. The quantitative estimate of drug-likeness (QED) is 0.928. The summed E-state index contributed by atoms with van der Waals surface area (Å²) >= 11 is 5.83. The summed E-state index contributed by atoms with van der Waals surface area (Å²) in [4.78, 5) is 18.8. The molecule has 1 aliphatic heterocycles. The van der Waals surface area contributed by atoms with Crippen molar-refractivity contribution in [3.05, 3.63) is 29.0 Å². The SMILES string of the molecule is O=C(c1ccc(Cl)cn1)N(CC1CCCCN1)C1CC1. The molecular weight excluding hydrogens is 274 g/mol. The summed E-state index contributed by atoms with van der Waals surface area (Å²) in [6.45, 7) is 1.87. The molecule has 0 aromatic carbocycles. The maximum absolute atomic E-state index is 12.6. The van der Waals surface area contributed by atoms with Crippen LogP contribution in [-0.2, 0) is 0 Å². The Morgan fingerprint density at radius 1 is 1.35 bits per heavy atom. The number of carbonyl (C=O) groups is 1. The third-order valence-corrected chi connectivity index (χ3v) is 4.25. The van der Waals surface area contributed by atoms with Crippen LogP contribution in [0.4, 0.5) is 0 Å². The summed E-state index contributed by atoms with van der Waals surface area (Å²) in [7, 11) is 0. The highest BCUT2D eigenvalue weighted by Crippen LogP contribution is 2.29. The zero-order valence-electron chi connectivity index (χ0n) is 11.5. The van der Waals surface area contributed by atoms with Crippen molar-refractivity contribution < 1.29 is 4.79 Å². The van der Waals surface area contributed by atoms with Crippen LogP contribution in [0.1, 0.15) is 42.6 Å². The summed E-state index contributed by atoms with van der Waals surface area (Å²) in [5.74, 6) is 0.0385. The smallest absolute Gasteiger partial charge is 0.272 e. The molecule has 1 unspecified atom stereocenters. The molecule has 5 heteroatoms. The summed E-state index contributed by atoms with van der Waals surface area (Å²) in [6.07, 6.45) is 7.43. The molecule has 1 aromatic rings. The number of carbonyl (C=O) groups excluding carboxylic acids is 1. The van der Waals surface area contributed by atoms with Crippen LogP contribution in [0.5, 0.6) is 0 Å². The van der Waals surface area contributed by atoms with Crippen molar-refractivity contribution in [2.24, 2.45) is 0 Å². The second-order valence-corrected chi connectivity index (χ2v) is 6.13. The minimum Gasteiger partial charge on any atom is -0.333 e. The van der Waals surface area contributed by atoms with Crippen LogP contribution in [0, 0.1) is 0 Å². The van der Waals surface area contributed by atoms with E-state index in [-0.39, 0.29) is 5.91 Å². The van der Waals surface area contributed by atoms with Gasteiger partial charge >= 0.3 is 0 Å². The molecule has 2 fully saturated rings. The van der Waals surface area contributed by atoms with Crippen LogP contribution in [0.3, 0.4) is 0 Å². The van der Waals surface area contributed by atoms with E-state index >= 15 is 0 Å². The van der Waals surface area contributed by atoms with E-state index in [1.807, 2.05) is 4.90 Å². The fraction of sp³-hybridized carbons (Fsp3) is 0.600. The Morgan fingerprint density at radius 2 is 2.20 bits per heavy atom. The Balaban J connectivity index is 1.69. The van der Waals surface area contributed by atoms with Gasteiger partial charge in [0.15, 0.2) is 0 Å². The minimum atomic E-state index is 0.0385. The number of hydrogen-bond donors (Lipinski definition) is 1. The van der Waals surface area contributed by atoms with Crippen molar-refractivity contribution in [1.82, 2.24) is 15.2 Å². The van der Waals surface area contributed by atoms with E-state index in [1.54, 1.807) is 18.3 Å². The van der Waals surface area contributed by atoms with Crippen LogP contribution >= 0.6 is 11.6 Å². The summed E-state index contributed by atoms with van der Waals surface area (Å²) in [6, 6.07) is 4.28. The molecular formula is C15H20ClN3O. The van der Waals surface area contributed by atoms with Gasteiger partial charge in [0.1, 0.15) is 5.69 Å². The molecule has 3 rings (SSSR count). The predicted molar refractivity (Wildman–Crippen MR) is 78.9 cm³/mol. The Labute approximate surface area is 124 Å². The molecule has 2 heterocycles. The van der Waals surface area contributed by atoms with Gasteiger partial charge in [-0.3, -0.25) is 4.79 Å². The lowest BCUT2D eigenvalue weighted by molar-refractivity contribution is 0.0712. The molecule has 1 N–H and O–H groups in total. The van der Waals surface area contributed by atoms with E-state index in [9.17, 15) is 4.79 Å². The van der Waals surface area contributed by atoms with Crippen LogP contribution in [-0.4, -0.2) is 41.0 Å². The number of piperidine rings is 1. The van der Waals surface area contributed by atoms with E-state index in [1.165, 1.54) is 12.8 Å². The van der Waals surface area contributed by atoms with Gasteiger partial charge < -0.3 is 10.2 Å². The number of nitrogens with one attached hydrogen (secondary N) is 1. The number of nitrogens with zero attached hydrogens (tertiary/aromatic N) is 2. The van der Waals surface area contributed by atoms with Gasteiger partial charge in [0.25, 0.3) is 5.91 Å². The Bertz CT molecular complexity index is 467. The van der Waals surface area contributed by atoms with Crippen molar-refractivity contribution in [2.75, 3.05) is 13.1 Å². The van der Waals surface area contributed by atoms with Crippen molar-refractivity contribution in [2.45, 2.75) is 44.2 Å². The average molecular weight is 294 g/mol. The van der Waals surface area contributed by atoms with Gasteiger partial charge in [0.2, 0.25) is 0 Å². The molecule has 1 saturated carbocycles. The third-order valence-electron chi connectivity index (χ3n) is 4.02. The van der Waals surface area contributed by atoms with E-state index in [2.05, 4.69) is 10.3 Å². The van der Waals surface area contributed by atoms with Crippen LogP contribution < -0.4 is 5.32 Å². The number of aromatic nitrogens is 1. The van der Waals surface area contributed by atoms with E-state index in [4.69, 9.17) is 11.6 Å². The standard InChI is InChI=1S/C15H20ClN3O/c16-11-4-7-14(18-9-11)15(20)19(13-5-6-13)10-12-3-1-2-8-17-12/h4,7,9,12-13,17H,1-3,5-6,8,10H2. The van der Waals surface area contributed by atoms with Crippen molar-refractivity contribution in [3.8, 4) is 0 Å². The van der Waals surface area contributed by atoms with Gasteiger partial charge in [-0.1, -0.05) is 18.0 Å². The van der Waals surface area contributed by atoms with Crippen molar-refractivity contribution in [1.29, 1.82) is 0 Å². The normalized spacial score (nSPS) is 22.6. The Morgan fingerprint density at radius 3 is 2.80 bits per heavy atom. The summed E-state index contributed by atoms with van der Waals surface area (Å²) in [5, 5.41) is 4.08. The molecule has 0 spiro atoms. The first-order valence-electron chi connectivity index (χ1n) is 7.40. The van der Waals surface area contributed by atoms with Gasteiger partial charge in [-0.15, -0.1) is 0 Å². The molecule has 1 amide bonds. The molecule has 4 nitrogen and oxygen atoms in total. The zero-order chi connectivity index (χ0) is 13.9. The van der Waals surface area contributed by atoms with Crippen molar-refractivity contribution in [3.63, 3.8) is 0 Å². The second kappa shape index (κ2) is 6.10. The Kier molecular flexibility index (Phi) is 4.22. The molecule has 1 aliphatic carbocycles. The van der Waals surface area contributed by atoms with Gasteiger partial charge in [0.05, 0.1) is 5.02 Å². The maximum Gasteiger partial charge on any atom is 0.272 e. The molecule has 20 heavy (non-hydrogen) atoms. The highest BCUT2D eigenvalue weighted by molar-refractivity contribution is 6.30. The molecule has 108 valence electrons. The molecule has 1 atom stereocenters. The van der Waals surface area contributed by atoms with Crippen molar-refractivity contribution >= 4 is 17.5 Å². The third kappa shape index (κ3) is 3.30. The van der Waals surface area contributed by atoms with Crippen LogP contribution in [0.15, 0.2) is 18.3 Å². The highest BCUT2D eigenvalue weighted by atomic mass is 35.5. The highest BCUT2D eigenvalue weighted by Gasteiger charge is 2.35. The summed E-state index contributed by atoms with van der Waals surface area (Å²) < 4.78 is 0.